The molecule has 0 saturated heterocycles. The van der Waals surface area contributed by atoms with Gasteiger partial charge in [-0.2, -0.15) is 0 Å². The van der Waals surface area contributed by atoms with Crippen LogP contribution in [0.3, 0.4) is 0 Å². The molecule has 0 fully saturated rings. The fraction of sp³-hybridized carbons (Fsp3) is 0.118. The molecule has 0 atom stereocenters. The van der Waals surface area contributed by atoms with E-state index in [1.54, 1.807) is 25.4 Å². The highest BCUT2D eigenvalue weighted by Crippen LogP contribution is 2.33. The molecule has 6 nitrogen and oxygen atoms in total. The number of anilines is 1. The first-order valence-electron chi connectivity index (χ1n) is 7.78. The lowest BCUT2D eigenvalue weighted by Gasteiger charge is -2.19. The standard InChI is InChI=1S/C17H11F2N5OS2/c1-9-15(27-23-22-9)16(25)24(8-10-3-2-4-20-7-10)17-21-14-12(19)5-11(18)6-13(14)26-17/h2-7H,8H2,1H3. The highest BCUT2D eigenvalue weighted by atomic mass is 32.1. The van der Waals surface area contributed by atoms with Crippen LogP contribution in [0.1, 0.15) is 20.9 Å². The predicted molar refractivity (Wildman–Crippen MR) is 98.9 cm³/mol. The summed E-state index contributed by atoms with van der Waals surface area (Å²) in [4.78, 5) is 23.2. The van der Waals surface area contributed by atoms with Crippen LogP contribution in [0.5, 0.6) is 0 Å². The first kappa shape index (κ1) is 17.6. The molecule has 0 bridgehead atoms. The van der Waals surface area contributed by atoms with Crippen molar-refractivity contribution in [1.82, 2.24) is 19.6 Å². The van der Waals surface area contributed by atoms with Crippen LogP contribution >= 0.6 is 22.9 Å². The maximum atomic E-state index is 14.1. The molecule has 0 unspecified atom stereocenters. The summed E-state index contributed by atoms with van der Waals surface area (Å²) in [6.07, 6.45) is 3.26. The second-order valence-electron chi connectivity index (χ2n) is 5.67. The number of thiazole rings is 1. The van der Waals surface area contributed by atoms with Crippen molar-refractivity contribution in [2.24, 2.45) is 0 Å². The van der Waals surface area contributed by atoms with Gasteiger partial charge in [-0.25, -0.2) is 13.8 Å². The van der Waals surface area contributed by atoms with Crippen LogP contribution in [0.2, 0.25) is 0 Å². The maximum absolute atomic E-state index is 14.1. The summed E-state index contributed by atoms with van der Waals surface area (Å²) in [6.45, 7) is 1.86. The van der Waals surface area contributed by atoms with Gasteiger partial charge in [0, 0.05) is 18.5 Å². The van der Waals surface area contributed by atoms with Crippen LogP contribution in [0.4, 0.5) is 13.9 Å². The van der Waals surface area contributed by atoms with Crippen molar-refractivity contribution in [3.63, 3.8) is 0 Å². The Labute approximate surface area is 160 Å². The smallest absolute Gasteiger partial charge is 0.274 e. The molecule has 1 amide bonds. The Morgan fingerprint density at radius 1 is 1.30 bits per heavy atom. The van der Waals surface area contributed by atoms with Gasteiger partial charge in [0.05, 0.1) is 16.9 Å². The summed E-state index contributed by atoms with van der Waals surface area (Å²) in [5, 5.41) is 4.13. The Morgan fingerprint density at radius 2 is 2.15 bits per heavy atom. The molecule has 0 aliphatic rings. The number of fused-ring (bicyclic) bond motifs is 1. The minimum atomic E-state index is -0.767. The van der Waals surface area contributed by atoms with Crippen LogP contribution in [0, 0.1) is 18.6 Å². The summed E-state index contributed by atoms with van der Waals surface area (Å²) < 4.78 is 31.7. The molecule has 0 spiro atoms. The minimum absolute atomic E-state index is 0.0274. The van der Waals surface area contributed by atoms with Crippen LogP contribution in [0.15, 0.2) is 36.7 Å². The summed E-state index contributed by atoms with van der Waals surface area (Å²) in [5.74, 6) is -1.81. The summed E-state index contributed by atoms with van der Waals surface area (Å²) >= 11 is 2.02. The van der Waals surface area contributed by atoms with Crippen molar-refractivity contribution in [3.05, 3.63) is 64.4 Å². The average molecular weight is 403 g/mol. The highest BCUT2D eigenvalue weighted by Gasteiger charge is 2.26. The van der Waals surface area contributed by atoms with Gasteiger partial charge in [-0.05, 0) is 36.2 Å². The molecular weight excluding hydrogens is 392 g/mol. The first-order chi connectivity index (χ1) is 13.0. The Morgan fingerprint density at radius 3 is 2.85 bits per heavy atom. The Bertz CT molecular complexity index is 1130. The van der Waals surface area contributed by atoms with E-state index in [4.69, 9.17) is 0 Å². The number of benzene rings is 1. The number of hydrogen-bond acceptors (Lipinski definition) is 7. The van der Waals surface area contributed by atoms with Crippen molar-refractivity contribution in [3.8, 4) is 0 Å². The third-order valence-corrected chi connectivity index (χ3v) is 5.63. The molecule has 0 N–H and O–H groups in total. The molecule has 0 radical (unpaired) electrons. The van der Waals surface area contributed by atoms with E-state index in [9.17, 15) is 13.6 Å². The molecule has 0 saturated carbocycles. The van der Waals surface area contributed by atoms with E-state index in [-0.39, 0.29) is 23.1 Å². The number of aryl methyl sites for hydroxylation is 1. The predicted octanol–water partition coefficient (Wildman–Crippen LogP) is 3.98. The van der Waals surface area contributed by atoms with E-state index in [1.807, 2.05) is 6.07 Å². The van der Waals surface area contributed by atoms with E-state index in [2.05, 4.69) is 19.6 Å². The van der Waals surface area contributed by atoms with E-state index in [0.717, 1.165) is 34.5 Å². The lowest BCUT2D eigenvalue weighted by Crippen LogP contribution is -2.30. The van der Waals surface area contributed by atoms with Crippen molar-refractivity contribution < 1.29 is 13.6 Å². The number of hydrogen-bond donors (Lipinski definition) is 0. The molecule has 0 aliphatic carbocycles. The molecule has 3 aromatic heterocycles. The van der Waals surface area contributed by atoms with Crippen molar-refractivity contribution in [2.45, 2.75) is 13.5 Å². The molecule has 0 aliphatic heterocycles. The van der Waals surface area contributed by atoms with Crippen molar-refractivity contribution >= 4 is 44.1 Å². The van der Waals surface area contributed by atoms with Crippen LogP contribution in [-0.2, 0) is 6.54 Å². The van der Waals surface area contributed by atoms with Gasteiger partial charge in [-0.15, -0.1) is 5.10 Å². The van der Waals surface area contributed by atoms with Crippen molar-refractivity contribution in [1.29, 1.82) is 0 Å². The van der Waals surface area contributed by atoms with Gasteiger partial charge in [0.2, 0.25) is 0 Å². The lowest BCUT2D eigenvalue weighted by atomic mass is 10.2. The first-order valence-corrected chi connectivity index (χ1v) is 9.37. The number of carbonyl (C=O) groups is 1. The van der Waals surface area contributed by atoms with E-state index in [0.29, 0.717) is 15.3 Å². The van der Waals surface area contributed by atoms with Crippen LogP contribution in [0.25, 0.3) is 10.2 Å². The fourth-order valence-corrected chi connectivity index (χ4v) is 4.12. The van der Waals surface area contributed by atoms with Gasteiger partial charge in [0.15, 0.2) is 10.9 Å². The molecule has 136 valence electrons. The fourth-order valence-electron chi connectivity index (χ4n) is 2.51. The van der Waals surface area contributed by atoms with Gasteiger partial charge >= 0.3 is 0 Å². The maximum Gasteiger partial charge on any atom is 0.274 e. The van der Waals surface area contributed by atoms with E-state index in [1.165, 1.54) is 11.0 Å². The summed E-state index contributed by atoms with van der Waals surface area (Å²) in [7, 11) is 0. The van der Waals surface area contributed by atoms with Gasteiger partial charge in [0.1, 0.15) is 16.2 Å². The van der Waals surface area contributed by atoms with Gasteiger partial charge in [0.25, 0.3) is 5.91 Å². The average Bonchev–Trinajstić information content (AvgIpc) is 3.26. The normalized spacial score (nSPS) is 11.1. The van der Waals surface area contributed by atoms with Gasteiger partial charge < -0.3 is 0 Å². The zero-order chi connectivity index (χ0) is 19.0. The van der Waals surface area contributed by atoms with Gasteiger partial charge in [-0.1, -0.05) is 21.9 Å². The summed E-state index contributed by atoms with van der Waals surface area (Å²) in [6, 6.07) is 5.55. The second kappa shape index (κ2) is 7.05. The van der Waals surface area contributed by atoms with E-state index >= 15 is 0 Å². The van der Waals surface area contributed by atoms with Gasteiger partial charge in [-0.3, -0.25) is 14.7 Å². The molecule has 10 heteroatoms. The van der Waals surface area contributed by atoms with Crippen LogP contribution in [-0.4, -0.2) is 25.5 Å². The zero-order valence-electron chi connectivity index (χ0n) is 13.9. The SMILES string of the molecule is Cc1nnsc1C(=O)N(Cc1cccnc1)c1nc2c(F)cc(F)cc2s1. The largest absolute Gasteiger partial charge is 0.279 e. The Kier molecular flexibility index (Phi) is 4.58. The minimum Gasteiger partial charge on any atom is -0.279 e. The number of carbonyl (C=O) groups excluding carboxylic acids is 1. The molecule has 27 heavy (non-hydrogen) atoms. The number of aromatic nitrogens is 4. The number of pyridine rings is 1. The van der Waals surface area contributed by atoms with Crippen LogP contribution < -0.4 is 4.90 Å². The highest BCUT2D eigenvalue weighted by molar-refractivity contribution is 7.22. The number of rotatable bonds is 4. The quantitative estimate of drug-likeness (QED) is 0.515. The van der Waals surface area contributed by atoms with Crippen molar-refractivity contribution in [2.75, 3.05) is 4.90 Å². The molecule has 4 aromatic rings. The summed E-state index contributed by atoms with van der Waals surface area (Å²) in [5.41, 5.74) is 1.30. The zero-order valence-corrected chi connectivity index (χ0v) is 15.5. The number of amides is 1. The molecule has 3 heterocycles. The molecular formula is C17H11F2N5OS2. The molecule has 1 aromatic carbocycles. The monoisotopic (exact) mass is 403 g/mol. The number of nitrogens with zero attached hydrogens (tertiary/aromatic N) is 5. The Hall–Kier alpha value is -2.85. The third-order valence-electron chi connectivity index (χ3n) is 3.79. The third kappa shape index (κ3) is 3.40. The molecule has 4 rings (SSSR count). The lowest BCUT2D eigenvalue weighted by molar-refractivity contribution is 0.0988. The second-order valence-corrected chi connectivity index (χ2v) is 7.43. The number of halogens is 2. The van der Waals surface area contributed by atoms with E-state index < -0.39 is 11.6 Å². The topological polar surface area (TPSA) is 71.9 Å². The Balaban J connectivity index is 1.81.